The fourth-order valence-corrected chi connectivity index (χ4v) is 2.55. The molecule has 0 bridgehead atoms. The Kier molecular flexibility index (Phi) is 3.74. The van der Waals surface area contributed by atoms with E-state index in [-0.39, 0.29) is 0 Å². The molecule has 2 rings (SSSR count). The van der Waals surface area contributed by atoms with E-state index in [1.54, 1.807) is 7.11 Å². The Bertz CT molecular complexity index is 653. The second kappa shape index (κ2) is 5.33. The summed E-state index contributed by atoms with van der Waals surface area (Å²) < 4.78 is 7.33. The summed E-state index contributed by atoms with van der Waals surface area (Å²) in [5, 5.41) is 7.49. The highest BCUT2D eigenvalue weighted by molar-refractivity contribution is 5.94. The molecule has 0 spiro atoms. The van der Waals surface area contributed by atoms with Crippen LogP contribution in [0.1, 0.15) is 32.9 Å². The monoisotopic (exact) mass is 270 g/mol. The summed E-state index contributed by atoms with van der Waals surface area (Å²) >= 11 is 0. The molecular formula is C16H18N2O2. The van der Waals surface area contributed by atoms with E-state index in [0.717, 1.165) is 34.7 Å². The Morgan fingerprint density at radius 1 is 1.15 bits per heavy atom. The van der Waals surface area contributed by atoms with Gasteiger partial charge in [0, 0.05) is 40.5 Å². The second-order valence-corrected chi connectivity index (χ2v) is 4.75. The zero-order chi connectivity index (χ0) is 14.9. The van der Waals surface area contributed by atoms with Crippen molar-refractivity contribution in [2.75, 3.05) is 7.11 Å². The highest BCUT2D eigenvalue weighted by atomic mass is 16.5. The van der Waals surface area contributed by atoms with Gasteiger partial charge in [-0.2, -0.15) is 0 Å². The van der Waals surface area contributed by atoms with Crippen molar-refractivity contribution in [1.82, 2.24) is 4.57 Å². The van der Waals surface area contributed by atoms with Crippen molar-refractivity contribution in [3.05, 3.63) is 46.3 Å². The molecule has 1 N–H and O–H groups in total. The van der Waals surface area contributed by atoms with Crippen LogP contribution in [-0.2, 0) is 0 Å². The van der Waals surface area contributed by atoms with Crippen LogP contribution in [-0.4, -0.2) is 24.2 Å². The lowest BCUT2D eigenvalue weighted by molar-refractivity contribution is 0.112. The first-order valence-electron chi connectivity index (χ1n) is 6.37. The maximum atomic E-state index is 11.2. The van der Waals surface area contributed by atoms with Gasteiger partial charge in [0.25, 0.3) is 0 Å². The van der Waals surface area contributed by atoms with Gasteiger partial charge < -0.3 is 14.7 Å². The molecule has 0 amide bonds. The predicted molar refractivity (Wildman–Crippen MR) is 79.8 cm³/mol. The summed E-state index contributed by atoms with van der Waals surface area (Å²) in [6.07, 6.45) is 2.04. The van der Waals surface area contributed by atoms with Crippen molar-refractivity contribution < 1.29 is 9.53 Å². The first-order chi connectivity index (χ1) is 9.54. The fourth-order valence-electron chi connectivity index (χ4n) is 2.55. The van der Waals surface area contributed by atoms with Crippen molar-refractivity contribution in [3.63, 3.8) is 0 Å². The van der Waals surface area contributed by atoms with Crippen LogP contribution in [0, 0.1) is 26.2 Å². The first-order valence-corrected chi connectivity index (χ1v) is 6.37. The zero-order valence-electron chi connectivity index (χ0n) is 12.2. The molecular weight excluding hydrogens is 252 g/mol. The standard InChI is InChI=1S/C16H18N2O2/c1-10-5-6-13(7-16(10)20-4)18-11(2)14(8-17)15(9-19)12(18)3/h5-9,17H,1-4H3. The number of methoxy groups -OCH3 is 1. The highest BCUT2D eigenvalue weighted by Gasteiger charge is 2.17. The van der Waals surface area contributed by atoms with Crippen LogP contribution >= 0.6 is 0 Å². The highest BCUT2D eigenvalue weighted by Crippen LogP contribution is 2.27. The fraction of sp³-hybridized carbons (Fsp3) is 0.250. The molecule has 1 aromatic carbocycles. The lowest BCUT2D eigenvalue weighted by Gasteiger charge is -2.12. The molecule has 0 unspecified atom stereocenters. The van der Waals surface area contributed by atoms with E-state index < -0.39 is 0 Å². The lowest BCUT2D eigenvalue weighted by Crippen LogP contribution is -2.01. The number of rotatable bonds is 4. The smallest absolute Gasteiger partial charge is 0.152 e. The first kappa shape index (κ1) is 14.1. The molecule has 4 nitrogen and oxygen atoms in total. The largest absolute Gasteiger partial charge is 0.496 e. The van der Waals surface area contributed by atoms with Gasteiger partial charge in [-0.15, -0.1) is 0 Å². The van der Waals surface area contributed by atoms with E-state index in [9.17, 15) is 4.79 Å². The molecule has 4 heteroatoms. The number of benzene rings is 1. The predicted octanol–water partition coefficient (Wildman–Crippen LogP) is 3.22. The summed E-state index contributed by atoms with van der Waals surface area (Å²) in [5.41, 5.74) is 4.93. The number of hydrogen-bond donors (Lipinski definition) is 1. The minimum atomic E-state index is 0.567. The van der Waals surface area contributed by atoms with Gasteiger partial charge in [0.1, 0.15) is 5.75 Å². The van der Waals surface area contributed by atoms with E-state index in [1.165, 1.54) is 6.21 Å². The van der Waals surface area contributed by atoms with Crippen LogP contribution in [0.2, 0.25) is 0 Å². The third-order valence-corrected chi connectivity index (χ3v) is 3.65. The van der Waals surface area contributed by atoms with Gasteiger partial charge in [0.15, 0.2) is 6.29 Å². The van der Waals surface area contributed by atoms with Gasteiger partial charge >= 0.3 is 0 Å². The van der Waals surface area contributed by atoms with Crippen LogP contribution in [0.15, 0.2) is 18.2 Å². The summed E-state index contributed by atoms with van der Waals surface area (Å²) in [5.74, 6) is 0.805. The minimum absolute atomic E-state index is 0.567. The van der Waals surface area contributed by atoms with E-state index in [2.05, 4.69) is 0 Å². The number of hydrogen-bond acceptors (Lipinski definition) is 3. The number of aryl methyl sites for hydroxylation is 1. The molecule has 2 aromatic rings. The molecule has 20 heavy (non-hydrogen) atoms. The lowest BCUT2D eigenvalue weighted by atomic mass is 10.1. The molecule has 0 saturated heterocycles. The Labute approximate surface area is 118 Å². The third-order valence-electron chi connectivity index (χ3n) is 3.65. The SMILES string of the molecule is COc1cc(-n2c(C)c(C=N)c(C=O)c2C)ccc1C. The van der Waals surface area contributed by atoms with Crippen molar-refractivity contribution >= 4 is 12.5 Å². The van der Waals surface area contributed by atoms with Gasteiger partial charge in [-0.1, -0.05) is 6.07 Å². The van der Waals surface area contributed by atoms with E-state index >= 15 is 0 Å². The molecule has 104 valence electrons. The topological polar surface area (TPSA) is 55.1 Å². The van der Waals surface area contributed by atoms with Gasteiger partial charge in [-0.25, -0.2) is 0 Å². The van der Waals surface area contributed by atoms with Crippen molar-refractivity contribution in [2.45, 2.75) is 20.8 Å². The number of carbonyl (C=O) groups excluding carboxylic acids is 1. The summed E-state index contributed by atoms with van der Waals surface area (Å²) in [6, 6.07) is 5.91. The molecule has 0 fully saturated rings. The van der Waals surface area contributed by atoms with Crippen LogP contribution in [0.5, 0.6) is 5.75 Å². The molecule has 1 aromatic heterocycles. The Morgan fingerprint density at radius 2 is 1.80 bits per heavy atom. The van der Waals surface area contributed by atoms with Crippen LogP contribution < -0.4 is 4.74 Å². The summed E-state index contributed by atoms with van der Waals surface area (Å²) in [7, 11) is 1.64. The number of carbonyl (C=O) groups is 1. The van der Waals surface area contributed by atoms with E-state index in [0.29, 0.717) is 11.1 Å². The Hall–Kier alpha value is -2.36. The zero-order valence-corrected chi connectivity index (χ0v) is 12.2. The maximum Gasteiger partial charge on any atom is 0.152 e. The van der Waals surface area contributed by atoms with Crippen molar-refractivity contribution in [1.29, 1.82) is 5.41 Å². The molecule has 0 aliphatic carbocycles. The second-order valence-electron chi connectivity index (χ2n) is 4.75. The molecule has 0 atom stereocenters. The Morgan fingerprint density at radius 3 is 2.30 bits per heavy atom. The maximum absolute atomic E-state index is 11.2. The molecule has 0 aliphatic heterocycles. The van der Waals surface area contributed by atoms with Crippen LogP contribution in [0.3, 0.4) is 0 Å². The minimum Gasteiger partial charge on any atom is -0.496 e. The van der Waals surface area contributed by atoms with E-state index in [4.69, 9.17) is 10.1 Å². The van der Waals surface area contributed by atoms with Crippen molar-refractivity contribution in [2.24, 2.45) is 0 Å². The number of nitrogens with one attached hydrogen (secondary N) is 1. The van der Waals surface area contributed by atoms with Gasteiger partial charge in [0.2, 0.25) is 0 Å². The number of nitrogens with zero attached hydrogens (tertiary/aromatic N) is 1. The average molecular weight is 270 g/mol. The molecule has 0 aliphatic rings. The van der Waals surface area contributed by atoms with E-state index in [1.807, 2.05) is 43.5 Å². The molecule has 0 saturated carbocycles. The molecule has 1 heterocycles. The average Bonchev–Trinajstić information content (AvgIpc) is 2.69. The number of aldehydes is 1. The van der Waals surface area contributed by atoms with Crippen LogP contribution in [0.25, 0.3) is 5.69 Å². The van der Waals surface area contributed by atoms with Gasteiger partial charge in [-0.05, 0) is 32.4 Å². The van der Waals surface area contributed by atoms with Gasteiger partial charge in [0.05, 0.1) is 7.11 Å². The quantitative estimate of drug-likeness (QED) is 0.685. The van der Waals surface area contributed by atoms with Crippen LogP contribution in [0.4, 0.5) is 0 Å². The number of aromatic nitrogens is 1. The Balaban J connectivity index is 2.73. The summed E-state index contributed by atoms with van der Waals surface area (Å²) in [6.45, 7) is 5.78. The molecule has 0 radical (unpaired) electrons. The summed E-state index contributed by atoms with van der Waals surface area (Å²) in [4.78, 5) is 11.2. The normalized spacial score (nSPS) is 10.4. The third kappa shape index (κ3) is 2.03. The number of ether oxygens (including phenoxy) is 1. The van der Waals surface area contributed by atoms with Crippen molar-refractivity contribution in [3.8, 4) is 11.4 Å². The van der Waals surface area contributed by atoms with Gasteiger partial charge in [-0.3, -0.25) is 4.79 Å².